The molecule has 0 radical (unpaired) electrons. The van der Waals surface area contributed by atoms with Crippen molar-refractivity contribution in [3.63, 3.8) is 0 Å². The number of aromatic nitrogens is 1. The van der Waals surface area contributed by atoms with Crippen LogP contribution in [-0.2, 0) is 0 Å². The number of nitrogens with zero attached hydrogens (tertiary/aromatic N) is 1. The maximum absolute atomic E-state index is 11.2. The minimum atomic E-state index is -0.907. The molecule has 1 rings (SSSR count). The summed E-state index contributed by atoms with van der Waals surface area (Å²) in [6.45, 7) is 8.09. The average molecular weight is 256 g/mol. The molecule has 1 heterocycles. The lowest BCUT2D eigenvalue weighted by molar-refractivity contribution is 0.0697. The van der Waals surface area contributed by atoms with E-state index in [2.05, 4.69) is 30.5 Å². The van der Waals surface area contributed by atoms with E-state index in [-0.39, 0.29) is 5.54 Å². The Bertz CT molecular complexity index is 389. The van der Waals surface area contributed by atoms with Crippen molar-refractivity contribution in [3.8, 4) is 0 Å². The predicted octanol–water partition coefficient (Wildman–Crippen LogP) is 3.53. The molecule has 0 unspecified atom stereocenters. The average Bonchev–Trinajstić information content (AvgIpc) is 2.67. The van der Waals surface area contributed by atoms with Gasteiger partial charge in [-0.25, -0.2) is 4.79 Å². The van der Waals surface area contributed by atoms with Gasteiger partial charge in [-0.05, 0) is 37.7 Å². The van der Waals surface area contributed by atoms with Gasteiger partial charge >= 0.3 is 5.97 Å². The summed E-state index contributed by atoms with van der Waals surface area (Å²) in [6, 6.07) is 0. The highest BCUT2D eigenvalue weighted by Gasteiger charge is 2.27. The summed E-state index contributed by atoms with van der Waals surface area (Å²) in [5, 5.41) is 13.2. The number of carboxylic acid groups (broad SMARTS) is 1. The number of aromatic carboxylic acids is 1. The van der Waals surface area contributed by atoms with Crippen LogP contribution in [0.2, 0.25) is 0 Å². The van der Waals surface area contributed by atoms with E-state index < -0.39 is 5.97 Å². The van der Waals surface area contributed by atoms with Crippen LogP contribution < -0.4 is 5.32 Å². The molecule has 0 atom stereocenters. The lowest BCUT2D eigenvalue weighted by Gasteiger charge is -2.32. The van der Waals surface area contributed by atoms with E-state index in [1.807, 2.05) is 0 Å². The molecule has 96 valence electrons. The van der Waals surface area contributed by atoms with Gasteiger partial charge in [0.1, 0.15) is 10.6 Å². The molecule has 17 heavy (non-hydrogen) atoms. The third-order valence-corrected chi connectivity index (χ3v) is 4.34. The highest BCUT2D eigenvalue weighted by molar-refractivity contribution is 7.10. The zero-order chi connectivity index (χ0) is 13.1. The summed E-state index contributed by atoms with van der Waals surface area (Å²) < 4.78 is 4.12. The summed E-state index contributed by atoms with van der Waals surface area (Å²) in [7, 11) is 0. The summed E-state index contributed by atoms with van der Waals surface area (Å²) in [4.78, 5) is 11.2. The maximum Gasteiger partial charge on any atom is 0.340 e. The van der Waals surface area contributed by atoms with Crippen LogP contribution in [0.4, 0.5) is 5.00 Å². The number of hydrogen-bond donors (Lipinski definition) is 2. The van der Waals surface area contributed by atoms with Gasteiger partial charge in [0.15, 0.2) is 0 Å². The number of carboxylic acids is 1. The van der Waals surface area contributed by atoms with Gasteiger partial charge in [-0.15, -0.1) is 0 Å². The Kier molecular flexibility index (Phi) is 4.51. The minimum absolute atomic E-state index is 0.0246. The fourth-order valence-corrected chi connectivity index (χ4v) is 2.87. The highest BCUT2D eigenvalue weighted by atomic mass is 32.1. The van der Waals surface area contributed by atoms with Crippen molar-refractivity contribution in [2.75, 3.05) is 5.32 Å². The van der Waals surface area contributed by atoms with Crippen molar-refractivity contribution in [3.05, 3.63) is 11.3 Å². The van der Waals surface area contributed by atoms with E-state index in [9.17, 15) is 9.90 Å². The van der Waals surface area contributed by atoms with Crippen LogP contribution in [-0.4, -0.2) is 21.0 Å². The standard InChI is InChI=1S/C12H20N2O2S/c1-5-12(6-2,7-3)13-10-9(11(15)16)8(4)14-17-10/h13H,5-7H2,1-4H3,(H,15,16). The number of hydrogen-bond acceptors (Lipinski definition) is 4. The van der Waals surface area contributed by atoms with Crippen molar-refractivity contribution in [2.45, 2.75) is 52.5 Å². The summed E-state index contributed by atoms with van der Waals surface area (Å²) in [5.74, 6) is -0.907. The van der Waals surface area contributed by atoms with Gasteiger partial charge in [0.2, 0.25) is 0 Å². The van der Waals surface area contributed by atoms with Crippen LogP contribution in [0.25, 0.3) is 0 Å². The molecule has 0 spiro atoms. The first-order valence-electron chi connectivity index (χ1n) is 5.97. The Morgan fingerprint density at radius 3 is 2.29 bits per heavy atom. The van der Waals surface area contributed by atoms with E-state index in [0.717, 1.165) is 19.3 Å². The molecule has 0 amide bonds. The van der Waals surface area contributed by atoms with E-state index in [1.165, 1.54) is 11.5 Å². The van der Waals surface area contributed by atoms with Crippen LogP contribution in [0.5, 0.6) is 0 Å². The van der Waals surface area contributed by atoms with Crippen molar-refractivity contribution >= 4 is 22.5 Å². The second-order valence-corrected chi connectivity index (χ2v) is 5.02. The molecule has 2 N–H and O–H groups in total. The van der Waals surface area contributed by atoms with Crippen LogP contribution in [0, 0.1) is 6.92 Å². The zero-order valence-electron chi connectivity index (χ0n) is 10.8. The first-order valence-corrected chi connectivity index (χ1v) is 6.74. The van der Waals surface area contributed by atoms with Gasteiger partial charge in [-0.2, -0.15) is 4.37 Å². The molecule has 1 aromatic heterocycles. The molecule has 0 aliphatic rings. The van der Waals surface area contributed by atoms with E-state index in [4.69, 9.17) is 0 Å². The SMILES string of the molecule is CCC(CC)(CC)Nc1snc(C)c1C(=O)O. The van der Waals surface area contributed by atoms with Gasteiger partial charge in [-0.1, -0.05) is 20.8 Å². The number of anilines is 1. The number of carbonyl (C=O) groups is 1. The normalized spacial score (nSPS) is 11.5. The van der Waals surface area contributed by atoms with Crippen molar-refractivity contribution in [1.29, 1.82) is 0 Å². The molecule has 0 aliphatic heterocycles. The van der Waals surface area contributed by atoms with Crippen LogP contribution in [0.1, 0.15) is 56.1 Å². The molecule has 4 nitrogen and oxygen atoms in total. The molecule has 0 aliphatic carbocycles. The number of nitrogens with one attached hydrogen (secondary N) is 1. The maximum atomic E-state index is 11.2. The van der Waals surface area contributed by atoms with Crippen molar-refractivity contribution in [1.82, 2.24) is 4.37 Å². The van der Waals surface area contributed by atoms with E-state index in [1.54, 1.807) is 6.92 Å². The molecule has 0 bridgehead atoms. The summed E-state index contributed by atoms with van der Waals surface area (Å²) in [5.41, 5.74) is 0.875. The first kappa shape index (κ1) is 14.0. The Hall–Kier alpha value is -1.10. The summed E-state index contributed by atoms with van der Waals surface area (Å²) in [6.07, 6.45) is 2.90. The fourth-order valence-electron chi connectivity index (χ4n) is 1.96. The van der Waals surface area contributed by atoms with E-state index in [0.29, 0.717) is 16.3 Å². The predicted molar refractivity (Wildman–Crippen MR) is 71.0 cm³/mol. The fraction of sp³-hybridized carbons (Fsp3) is 0.667. The smallest absolute Gasteiger partial charge is 0.340 e. The Morgan fingerprint density at radius 2 is 1.88 bits per heavy atom. The van der Waals surface area contributed by atoms with Gasteiger partial charge in [0, 0.05) is 5.54 Å². The Labute approximate surface area is 106 Å². The third-order valence-electron chi connectivity index (χ3n) is 3.49. The number of rotatable bonds is 6. The molecule has 0 saturated heterocycles. The summed E-state index contributed by atoms with van der Waals surface area (Å²) >= 11 is 1.24. The molecular weight excluding hydrogens is 236 g/mol. The van der Waals surface area contributed by atoms with Crippen LogP contribution in [0.3, 0.4) is 0 Å². The largest absolute Gasteiger partial charge is 0.478 e. The molecule has 5 heteroatoms. The van der Waals surface area contributed by atoms with Crippen molar-refractivity contribution < 1.29 is 9.90 Å². The molecule has 1 aromatic rings. The van der Waals surface area contributed by atoms with Gasteiger partial charge < -0.3 is 10.4 Å². The van der Waals surface area contributed by atoms with Gasteiger partial charge in [0.25, 0.3) is 0 Å². The Morgan fingerprint density at radius 1 is 1.35 bits per heavy atom. The molecule has 0 fully saturated rings. The molecular formula is C12H20N2O2S. The number of aryl methyl sites for hydroxylation is 1. The minimum Gasteiger partial charge on any atom is -0.478 e. The lowest BCUT2D eigenvalue weighted by Crippen LogP contribution is -2.36. The highest BCUT2D eigenvalue weighted by Crippen LogP contribution is 2.31. The van der Waals surface area contributed by atoms with Gasteiger partial charge in [0.05, 0.1) is 5.69 Å². The molecule has 0 saturated carbocycles. The third kappa shape index (κ3) is 2.77. The Balaban J connectivity index is 3.06. The van der Waals surface area contributed by atoms with Crippen LogP contribution in [0.15, 0.2) is 0 Å². The zero-order valence-corrected chi connectivity index (χ0v) is 11.6. The molecule has 0 aromatic carbocycles. The second kappa shape index (κ2) is 5.49. The van der Waals surface area contributed by atoms with E-state index >= 15 is 0 Å². The second-order valence-electron chi connectivity index (χ2n) is 4.24. The topological polar surface area (TPSA) is 62.2 Å². The van der Waals surface area contributed by atoms with Crippen LogP contribution >= 0.6 is 11.5 Å². The van der Waals surface area contributed by atoms with Crippen molar-refractivity contribution in [2.24, 2.45) is 0 Å². The first-order chi connectivity index (χ1) is 7.99. The lowest BCUT2D eigenvalue weighted by atomic mass is 9.90. The quantitative estimate of drug-likeness (QED) is 0.817. The monoisotopic (exact) mass is 256 g/mol. The van der Waals surface area contributed by atoms with Gasteiger partial charge in [-0.3, -0.25) is 0 Å².